The Hall–Kier alpha value is -2.04. The summed E-state index contributed by atoms with van der Waals surface area (Å²) in [5.41, 5.74) is 2.31. The molecule has 0 fully saturated rings. The third-order valence-corrected chi connectivity index (χ3v) is 3.74. The predicted octanol–water partition coefficient (Wildman–Crippen LogP) is 4.18. The third-order valence-electron chi connectivity index (χ3n) is 3.74. The molecule has 0 unspecified atom stereocenters. The summed E-state index contributed by atoms with van der Waals surface area (Å²) in [6.45, 7) is 7.17. The van der Waals surface area contributed by atoms with E-state index >= 15 is 0 Å². The largest absolute Gasteiger partial charge is 0.493 e. The minimum Gasteiger partial charge on any atom is -0.493 e. The van der Waals surface area contributed by atoms with E-state index in [2.05, 4.69) is 25.2 Å². The van der Waals surface area contributed by atoms with Gasteiger partial charge in [0.1, 0.15) is 6.61 Å². The van der Waals surface area contributed by atoms with E-state index in [9.17, 15) is 0 Å². The molecule has 0 heterocycles. The van der Waals surface area contributed by atoms with Crippen molar-refractivity contribution in [2.75, 3.05) is 20.3 Å². The highest BCUT2D eigenvalue weighted by Gasteiger charge is 2.06. The molecule has 0 aromatic heterocycles. The van der Waals surface area contributed by atoms with Crippen molar-refractivity contribution in [1.82, 2.24) is 5.32 Å². The predicted molar refractivity (Wildman–Crippen MR) is 101 cm³/mol. The fourth-order valence-electron chi connectivity index (χ4n) is 2.43. The number of nitrogens with one attached hydrogen (secondary N) is 1. The van der Waals surface area contributed by atoms with Crippen LogP contribution in [0.2, 0.25) is 0 Å². The molecule has 0 saturated carbocycles. The van der Waals surface area contributed by atoms with Gasteiger partial charge in [-0.05, 0) is 50.1 Å². The Kier molecular flexibility index (Phi) is 8.29. The average molecular weight is 343 g/mol. The quantitative estimate of drug-likeness (QED) is 0.621. The van der Waals surface area contributed by atoms with Gasteiger partial charge in [-0.1, -0.05) is 36.4 Å². The first-order chi connectivity index (χ1) is 12.2. The molecule has 25 heavy (non-hydrogen) atoms. The van der Waals surface area contributed by atoms with E-state index in [-0.39, 0.29) is 0 Å². The molecule has 0 aliphatic carbocycles. The first-order valence-electron chi connectivity index (χ1n) is 8.85. The zero-order valence-corrected chi connectivity index (χ0v) is 15.5. The van der Waals surface area contributed by atoms with Gasteiger partial charge in [0.05, 0.1) is 13.2 Å². The van der Waals surface area contributed by atoms with Gasteiger partial charge in [-0.15, -0.1) is 0 Å². The first-order valence-corrected chi connectivity index (χ1v) is 8.85. The highest BCUT2D eigenvalue weighted by Crippen LogP contribution is 2.28. The summed E-state index contributed by atoms with van der Waals surface area (Å²) in [6, 6.07) is 16.2. The van der Waals surface area contributed by atoms with Crippen molar-refractivity contribution < 1.29 is 14.2 Å². The van der Waals surface area contributed by atoms with E-state index in [0.717, 1.165) is 43.2 Å². The summed E-state index contributed by atoms with van der Waals surface area (Å²) in [6.07, 6.45) is 1.31. The van der Waals surface area contributed by atoms with Crippen LogP contribution in [0.25, 0.3) is 0 Å². The van der Waals surface area contributed by atoms with Gasteiger partial charge in [-0.25, -0.2) is 0 Å². The summed E-state index contributed by atoms with van der Waals surface area (Å²) in [5.74, 6) is 1.53. The molecule has 1 N–H and O–H groups in total. The van der Waals surface area contributed by atoms with Crippen molar-refractivity contribution in [3.05, 3.63) is 59.7 Å². The SMILES string of the molecule is COc1cc(CNCCCOC(C)C)ccc1OCc1ccccc1. The molecule has 0 aliphatic heterocycles. The lowest BCUT2D eigenvalue weighted by molar-refractivity contribution is 0.0770. The van der Waals surface area contributed by atoms with Crippen molar-refractivity contribution in [2.45, 2.75) is 39.5 Å². The maximum atomic E-state index is 5.89. The van der Waals surface area contributed by atoms with Crippen LogP contribution in [0, 0.1) is 0 Å². The second-order valence-electron chi connectivity index (χ2n) is 6.21. The second-order valence-corrected chi connectivity index (χ2v) is 6.21. The van der Waals surface area contributed by atoms with E-state index in [1.165, 1.54) is 5.56 Å². The Bertz CT molecular complexity index is 614. The van der Waals surface area contributed by atoms with Gasteiger partial charge in [-0.2, -0.15) is 0 Å². The van der Waals surface area contributed by atoms with Gasteiger partial charge in [0, 0.05) is 13.2 Å². The lowest BCUT2D eigenvalue weighted by Crippen LogP contribution is -2.17. The van der Waals surface area contributed by atoms with Gasteiger partial charge >= 0.3 is 0 Å². The number of hydrogen-bond acceptors (Lipinski definition) is 4. The van der Waals surface area contributed by atoms with E-state index < -0.39 is 0 Å². The number of benzene rings is 2. The standard InChI is InChI=1S/C21H29NO3/c1-17(2)24-13-7-12-22-15-19-10-11-20(21(14-19)23-3)25-16-18-8-5-4-6-9-18/h4-6,8-11,14,17,22H,7,12-13,15-16H2,1-3H3. The molecule has 0 spiro atoms. The van der Waals surface area contributed by atoms with Gasteiger partial charge in [0.25, 0.3) is 0 Å². The van der Waals surface area contributed by atoms with Crippen molar-refractivity contribution in [1.29, 1.82) is 0 Å². The molecule has 0 amide bonds. The maximum Gasteiger partial charge on any atom is 0.161 e. The summed E-state index contributed by atoms with van der Waals surface area (Å²) in [5, 5.41) is 3.43. The van der Waals surface area contributed by atoms with E-state index in [1.807, 2.05) is 42.5 Å². The molecule has 4 nitrogen and oxygen atoms in total. The molecular formula is C21H29NO3. The van der Waals surface area contributed by atoms with Crippen molar-refractivity contribution in [3.63, 3.8) is 0 Å². The Morgan fingerprint density at radius 3 is 2.48 bits per heavy atom. The van der Waals surface area contributed by atoms with Crippen LogP contribution in [-0.2, 0) is 17.9 Å². The van der Waals surface area contributed by atoms with Crippen molar-refractivity contribution >= 4 is 0 Å². The van der Waals surface area contributed by atoms with Gasteiger partial charge in [0.15, 0.2) is 11.5 Å². The Morgan fingerprint density at radius 1 is 0.960 bits per heavy atom. The molecule has 0 radical (unpaired) electrons. The molecule has 136 valence electrons. The summed E-state index contributed by atoms with van der Waals surface area (Å²) in [4.78, 5) is 0. The van der Waals surface area contributed by atoms with Crippen LogP contribution in [0.1, 0.15) is 31.4 Å². The van der Waals surface area contributed by atoms with E-state index in [4.69, 9.17) is 14.2 Å². The normalized spacial score (nSPS) is 10.9. The van der Waals surface area contributed by atoms with Crippen LogP contribution >= 0.6 is 0 Å². The van der Waals surface area contributed by atoms with Crippen molar-refractivity contribution in [3.8, 4) is 11.5 Å². The molecule has 2 rings (SSSR count). The van der Waals surface area contributed by atoms with Crippen LogP contribution < -0.4 is 14.8 Å². The molecule has 0 bridgehead atoms. The van der Waals surface area contributed by atoms with Crippen LogP contribution in [0.5, 0.6) is 11.5 Å². The summed E-state index contributed by atoms with van der Waals surface area (Å²) >= 11 is 0. The zero-order valence-electron chi connectivity index (χ0n) is 15.5. The Balaban J connectivity index is 1.80. The number of rotatable bonds is 11. The molecule has 0 aliphatic rings. The molecular weight excluding hydrogens is 314 g/mol. The van der Waals surface area contributed by atoms with E-state index in [1.54, 1.807) is 7.11 Å². The van der Waals surface area contributed by atoms with Crippen LogP contribution in [0.3, 0.4) is 0 Å². The second kappa shape index (κ2) is 10.7. The van der Waals surface area contributed by atoms with Gasteiger partial charge in [0.2, 0.25) is 0 Å². The molecule has 4 heteroatoms. The summed E-state index contributed by atoms with van der Waals surface area (Å²) < 4.78 is 16.9. The monoisotopic (exact) mass is 343 g/mol. The molecule has 2 aromatic rings. The number of methoxy groups -OCH3 is 1. The Morgan fingerprint density at radius 2 is 1.76 bits per heavy atom. The molecule has 0 saturated heterocycles. The van der Waals surface area contributed by atoms with E-state index in [0.29, 0.717) is 12.7 Å². The minimum absolute atomic E-state index is 0.299. The highest BCUT2D eigenvalue weighted by molar-refractivity contribution is 5.43. The number of ether oxygens (including phenoxy) is 3. The molecule has 2 aromatic carbocycles. The smallest absolute Gasteiger partial charge is 0.161 e. The van der Waals surface area contributed by atoms with Gasteiger partial charge < -0.3 is 19.5 Å². The van der Waals surface area contributed by atoms with Gasteiger partial charge in [-0.3, -0.25) is 0 Å². The van der Waals surface area contributed by atoms with Crippen LogP contribution in [0.4, 0.5) is 0 Å². The third kappa shape index (κ3) is 7.16. The summed E-state index contributed by atoms with van der Waals surface area (Å²) in [7, 11) is 1.67. The Labute approximate surface area is 151 Å². The fraction of sp³-hybridized carbons (Fsp3) is 0.429. The lowest BCUT2D eigenvalue weighted by Gasteiger charge is -2.13. The first kappa shape index (κ1) is 19.3. The lowest BCUT2D eigenvalue weighted by atomic mass is 10.2. The highest BCUT2D eigenvalue weighted by atomic mass is 16.5. The fourth-order valence-corrected chi connectivity index (χ4v) is 2.43. The molecule has 0 atom stereocenters. The zero-order chi connectivity index (χ0) is 17.9. The van der Waals surface area contributed by atoms with Crippen molar-refractivity contribution in [2.24, 2.45) is 0 Å². The van der Waals surface area contributed by atoms with Crippen LogP contribution in [0.15, 0.2) is 48.5 Å². The maximum absolute atomic E-state index is 5.89. The minimum atomic E-state index is 0.299. The van der Waals surface area contributed by atoms with Crippen LogP contribution in [-0.4, -0.2) is 26.4 Å². The average Bonchev–Trinajstić information content (AvgIpc) is 2.63. The number of hydrogen-bond donors (Lipinski definition) is 1. The topological polar surface area (TPSA) is 39.7 Å².